The molecule has 2 unspecified atom stereocenters. The van der Waals surface area contributed by atoms with Gasteiger partial charge in [-0.3, -0.25) is 0 Å². The lowest BCUT2D eigenvalue weighted by Gasteiger charge is -2.27. The molecule has 1 fully saturated rings. The Morgan fingerprint density at radius 2 is 1.97 bits per heavy atom. The molecule has 4 heterocycles. The number of nitrogens with zero attached hydrogens (tertiary/aromatic N) is 3. The first-order valence-corrected chi connectivity index (χ1v) is 11.4. The molecule has 0 amide bonds. The molecular weight excluding hydrogens is 420 g/mol. The predicted molar refractivity (Wildman–Crippen MR) is 124 cm³/mol. The van der Waals surface area contributed by atoms with Crippen molar-refractivity contribution in [2.75, 3.05) is 19.0 Å². The summed E-state index contributed by atoms with van der Waals surface area (Å²) in [7, 11) is 1.70. The van der Waals surface area contributed by atoms with Crippen LogP contribution in [0.1, 0.15) is 67.1 Å². The van der Waals surface area contributed by atoms with E-state index in [2.05, 4.69) is 22.2 Å². The van der Waals surface area contributed by atoms with Crippen molar-refractivity contribution in [2.45, 2.75) is 57.7 Å². The minimum Gasteiger partial charge on any atom is -0.474 e. The Kier molecular flexibility index (Phi) is 5.62. The number of hydrogen-bond donors (Lipinski definition) is 1. The highest BCUT2D eigenvalue weighted by Gasteiger charge is 2.31. The average molecular weight is 449 g/mol. The number of hydrogen-bond acceptors (Lipinski definition) is 8. The monoisotopic (exact) mass is 448 g/mol. The van der Waals surface area contributed by atoms with E-state index in [1.54, 1.807) is 25.4 Å². The van der Waals surface area contributed by atoms with E-state index in [1.165, 1.54) is 0 Å². The van der Waals surface area contributed by atoms with Crippen molar-refractivity contribution in [3.05, 3.63) is 47.4 Å². The minimum absolute atomic E-state index is 0.0127. The summed E-state index contributed by atoms with van der Waals surface area (Å²) in [5.74, 6) is 1.75. The van der Waals surface area contributed by atoms with E-state index in [1.807, 2.05) is 26.1 Å². The molecule has 8 nitrogen and oxygen atoms in total. The van der Waals surface area contributed by atoms with E-state index >= 15 is 0 Å². The molecule has 3 aromatic heterocycles. The maximum Gasteiger partial charge on any atom is 0.340 e. The van der Waals surface area contributed by atoms with E-state index in [4.69, 9.17) is 19.2 Å². The Morgan fingerprint density at radius 3 is 2.73 bits per heavy atom. The third kappa shape index (κ3) is 4.23. The van der Waals surface area contributed by atoms with Crippen LogP contribution in [-0.2, 0) is 9.47 Å². The molecule has 1 aliphatic carbocycles. The topological polar surface area (TPSA) is 95.5 Å². The summed E-state index contributed by atoms with van der Waals surface area (Å²) in [5, 5.41) is 5.21. The molecular formula is C25H28N4O4. The maximum absolute atomic E-state index is 12.2. The highest BCUT2D eigenvalue weighted by molar-refractivity contribution is 5.93. The first kappa shape index (κ1) is 21.6. The average Bonchev–Trinajstić information content (AvgIpc) is 3.62. The highest BCUT2D eigenvalue weighted by Crippen LogP contribution is 2.36. The van der Waals surface area contributed by atoms with Crippen LogP contribution in [0.4, 0.5) is 11.6 Å². The summed E-state index contributed by atoms with van der Waals surface area (Å²) >= 11 is 0. The van der Waals surface area contributed by atoms with E-state index in [0.717, 1.165) is 34.9 Å². The fourth-order valence-electron chi connectivity index (χ4n) is 4.12. The number of pyridine rings is 3. The number of cyclic esters (lactones) is 1. The summed E-state index contributed by atoms with van der Waals surface area (Å²) in [4.78, 5) is 26.1. The number of aromatic nitrogens is 3. The van der Waals surface area contributed by atoms with Crippen molar-refractivity contribution in [3.63, 3.8) is 0 Å². The fourth-order valence-corrected chi connectivity index (χ4v) is 4.12. The van der Waals surface area contributed by atoms with Crippen molar-refractivity contribution < 1.29 is 19.0 Å². The third-order valence-corrected chi connectivity index (χ3v) is 6.35. The van der Waals surface area contributed by atoms with Gasteiger partial charge in [0, 0.05) is 31.3 Å². The van der Waals surface area contributed by atoms with E-state index < -0.39 is 0 Å². The highest BCUT2D eigenvalue weighted by atomic mass is 16.5. The molecule has 1 aliphatic heterocycles. The predicted octanol–water partition coefficient (Wildman–Crippen LogP) is 4.72. The van der Waals surface area contributed by atoms with Gasteiger partial charge in [-0.15, -0.1) is 0 Å². The SMILES string of the molecule is COCC(C)c1cnc(OC2CC2)c2cnc(Nc3ccc4c(n3)C(C)[C@H](C)OC4=O)cc12. The fraction of sp³-hybridized carbons (Fsp3) is 0.440. The second-order valence-electron chi connectivity index (χ2n) is 8.96. The first-order valence-electron chi connectivity index (χ1n) is 11.4. The second-order valence-corrected chi connectivity index (χ2v) is 8.96. The molecule has 0 radical (unpaired) electrons. The first-order chi connectivity index (χ1) is 15.9. The van der Waals surface area contributed by atoms with Gasteiger partial charge in [0.15, 0.2) is 0 Å². The zero-order valence-electron chi connectivity index (χ0n) is 19.3. The van der Waals surface area contributed by atoms with E-state index in [9.17, 15) is 4.79 Å². The normalized spacial score (nSPS) is 20.8. The van der Waals surface area contributed by atoms with Crippen LogP contribution in [0.25, 0.3) is 10.8 Å². The van der Waals surface area contributed by atoms with Gasteiger partial charge in [0.25, 0.3) is 0 Å². The summed E-state index contributed by atoms with van der Waals surface area (Å²) in [6, 6.07) is 5.53. The summed E-state index contributed by atoms with van der Waals surface area (Å²) in [6.45, 7) is 6.60. The Bertz CT molecular complexity index is 1210. The minimum atomic E-state index is -0.328. The Labute approximate surface area is 192 Å². The van der Waals surface area contributed by atoms with Gasteiger partial charge in [0.2, 0.25) is 5.88 Å². The van der Waals surface area contributed by atoms with Crippen molar-refractivity contribution in [1.29, 1.82) is 0 Å². The van der Waals surface area contributed by atoms with Crippen molar-refractivity contribution in [2.24, 2.45) is 0 Å². The number of nitrogens with one attached hydrogen (secondary N) is 1. The van der Waals surface area contributed by atoms with Gasteiger partial charge in [-0.1, -0.05) is 13.8 Å². The van der Waals surface area contributed by atoms with E-state index in [0.29, 0.717) is 29.7 Å². The Balaban J connectivity index is 1.51. The van der Waals surface area contributed by atoms with Crippen LogP contribution in [0.5, 0.6) is 5.88 Å². The summed E-state index contributed by atoms with van der Waals surface area (Å²) < 4.78 is 16.8. The molecule has 3 atom stereocenters. The van der Waals surface area contributed by atoms with Crippen molar-refractivity contribution in [1.82, 2.24) is 15.0 Å². The molecule has 1 N–H and O–H groups in total. The van der Waals surface area contributed by atoms with Crippen LogP contribution in [-0.4, -0.2) is 46.8 Å². The zero-order chi connectivity index (χ0) is 23.1. The Hall–Kier alpha value is -3.26. The number of carbonyl (C=O) groups excluding carboxylic acids is 1. The van der Waals surface area contributed by atoms with Gasteiger partial charge in [-0.2, -0.15) is 0 Å². The van der Waals surface area contributed by atoms with Crippen LogP contribution in [0, 0.1) is 0 Å². The van der Waals surface area contributed by atoms with Gasteiger partial charge in [-0.05, 0) is 48.9 Å². The van der Waals surface area contributed by atoms with Crippen LogP contribution < -0.4 is 10.1 Å². The molecule has 0 saturated heterocycles. The molecule has 8 heteroatoms. The van der Waals surface area contributed by atoms with Gasteiger partial charge in [0.05, 0.1) is 23.3 Å². The second kappa shape index (κ2) is 8.59. The number of anilines is 2. The molecule has 172 valence electrons. The maximum atomic E-state index is 12.2. The molecule has 0 spiro atoms. The molecule has 0 aromatic carbocycles. The smallest absolute Gasteiger partial charge is 0.340 e. The standard InChI is InChI=1S/C25H28N4O4/c1-13(12-31-4)19-10-27-24(33-16-5-6-16)20-11-26-22(9-18(19)20)28-21-8-7-17-23(29-21)14(2)15(3)32-25(17)30/h7-11,13-16H,5-6,12H2,1-4H3,(H,26,28,29)/t13?,14?,15-/m0/s1. The van der Waals surface area contributed by atoms with Gasteiger partial charge in [0.1, 0.15) is 23.8 Å². The molecule has 0 bridgehead atoms. The quantitative estimate of drug-likeness (QED) is 0.519. The summed E-state index contributed by atoms with van der Waals surface area (Å²) in [6.07, 6.45) is 5.83. The lowest BCUT2D eigenvalue weighted by Crippen LogP contribution is -2.29. The number of esters is 1. The number of methoxy groups -OCH3 is 1. The Morgan fingerprint density at radius 1 is 1.15 bits per heavy atom. The van der Waals surface area contributed by atoms with Crippen molar-refractivity contribution >= 4 is 28.4 Å². The molecule has 3 aromatic rings. The van der Waals surface area contributed by atoms with Gasteiger partial charge >= 0.3 is 5.97 Å². The van der Waals surface area contributed by atoms with E-state index in [-0.39, 0.29) is 30.0 Å². The van der Waals surface area contributed by atoms with Crippen LogP contribution in [0.15, 0.2) is 30.6 Å². The van der Waals surface area contributed by atoms with Gasteiger partial charge in [-0.25, -0.2) is 19.7 Å². The van der Waals surface area contributed by atoms with Crippen LogP contribution in [0.2, 0.25) is 0 Å². The lowest BCUT2D eigenvalue weighted by atomic mass is 9.94. The largest absolute Gasteiger partial charge is 0.474 e. The summed E-state index contributed by atoms with van der Waals surface area (Å²) in [5.41, 5.74) is 2.33. The lowest BCUT2D eigenvalue weighted by molar-refractivity contribution is 0.0235. The van der Waals surface area contributed by atoms with Crippen LogP contribution in [0.3, 0.4) is 0 Å². The molecule has 5 rings (SSSR count). The molecule has 1 saturated carbocycles. The number of rotatable bonds is 7. The van der Waals surface area contributed by atoms with Crippen molar-refractivity contribution in [3.8, 4) is 5.88 Å². The number of fused-ring (bicyclic) bond motifs is 2. The molecule has 33 heavy (non-hydrogen) atoms. The zero-order valence-corrected chi connectivity index (χ0v) is 19.3. The third-order valence-electron chi connectivity index (χ3n) is 6.35. The van der Waals surface area contributed by atoms with Gasteiger partial charge < -0.3 is 19.5 Å². The van der Waals surface area contributed by atoms with Crippen LogP contribution >= 0.6 is 0 Å². The number of carbonyl (C=O) groups is 1. The number of ether oxygens (including phenoxy) is 3. The molecule has 2 aliphatic rings.